The molecule has 1 aromatic carbocycles. The molecule has 1 aromatic heterocycles. The van der Waals surface area contributed by atoms with E-state index in [1.165, 1.54) is 13.2 Å². The van der Waals surface area contributed by atoms with Crippen molar-refractivity contribution in [3.63, 3.8) is 0 Å². The highest BCUT2D eigenvalue weighted by Gasteiger charge is 2.17. The number of nitrogens with zero attached hydrogens (tertiary/aromatic N) is 2. The smallest absolute Gasteiger partial charge is 0.292 e. The summed E-state index contributed by atoms with van der Waals surface area (Å²) in [4.78, 5) is 14.6. The molecule has 20 heavy (non-hydrogen) atoms. The fourth-order valence-corrected chi connectivity index (χ4v) is 1.89. The summed E-state index contributed by atoms with van der Waals surface area (Å²) in [5.41, 5.74) is 1.45. The lowest BCUT2D eigenvalue weighted by Crippen LogP contribution is -2.08. The second kappa shape index (κ2) is 6.01. The molecule has 2 rings (SSSR count). The third kappa shape index (κ3) is 3.03. The molecule has 1 N–H and O–H groups in total. The predicted octanol–water partition coefficient (Wildman–Crippen LogP) is 3.17. The van der Waals surface area contributed by atoms with Gasteiger partial charge in [0.05, 0.1) is 12.0 Å². The average molecular weight is 273 g/mol. The molecule has 0 spiro atoms. The van der Waals surface area contributed by atoms with Crippen molar-refractivity contribution >= 4 is 11.4 Å². The molecule has 0 bridgehead atoms. The lowest BCUT2D eigenvalue weighted by atomic mass is 10.1. The monoisotopic (exact) mass is 273 g/mol. The zero-order valence-electron chi connectivity index (χ0n) is 11.2. The molecule has 1 unspecified atom stereocenters. The molecule has 0 aliphatic heterocycles. The maximum Gasteiger partial charge on any atom is 0.292 e. The number of anilines is 1. The summed E-state index contributed by atoms with van der Waals surface area (Å²) in [5.74, 6) is 0.569. The lowest BCUT2D eigenvalue weighted by Gasteiger charge is -2.16. The Kier molecular flexibility index (Phi) is 4.14. The minimum Gasteiger partial charge on any atom is -0.497 e. The first kappa shape index (κ1) is 13.8. The summed E-state index contributed by atoms with van der Waals surface area (Å²) in [6.07, 6.45) is 3.38. The summed E-state index contributed by atoms with van der Waals surface area (Å²) in [6.45, 7) is 1.93. The standard InChI is InChI=1S/C14H15N3O3/c1-10(11-5-7-15-8-6-11)16-13-9-12(20-2)3-4-14(13)17(18)19/h3-10,16H,1-2H3. The fraction of sp³-hybridized carbons (Fsp3) is 0.214. The van der Waals surface area contributed by atoms with Crippen LogP contribution in [0.1, 0.15) is 18.5 Å². The van der Waals surface area contributed by atoms with E-state index in [1.54, 1.807) is 24.5 Å². The van der Waals surface area contributed by atoms with Crippen LogP contribution in [0.15, 0.2) is 42.7 Å². The van der Waals surface area contributed by atoms with E-state index in [-0.39, 0.29) is 11.7 Å². The number of nitro benzene ring substituents is 1. The van der Waals surface area contributed by atoms with Gasteiger partial charge in [0, 0.05) is 30.6 Å². The highest BCUT2D eigenvalue weighted by molar-refractivity contribution is 5.64. The van der Waals surface area contributed by atoms with Crippen LogP contribution in [-0.4, -0.2) is 17.0 Å². The van der Waals surface area contributed by atoms with Crippen molar-refractivity contribution in [2.24, 2.45) is 0 Å². The quantitative estimate of drug-likeness (QED) is 0.668. The minimum atomic E-state index is -0.416. The molecule has 0 fully saturated rings. The van der Waals surface area contributed by atoms with Crippen molar-refractivity contribution in [2.45, 2.75) is 13.0 Å². The van der Waals surface area contributed by atoms with Gasteiger partial charge in [-0.3, -0.25) is 15.1 Å². The average Bonchev–Trinajstić information content (AvgIpc) is 2.47. The van der Waals surface area contributed by atoms with Gasteiger partial charge in [-0.15, -0.1) is 0 Å². The Morgan fingerprint density at radius 2 is 2.00 bits per heavy atom. The Hall–Kier alpha value is -2.63. The van der Waals surface area contributed by atoms with Gasteiger partial charge in [-0.2, -0.15) is 0 Å². The topological polar surface area (TPSA) is 77.3 Å². The molecule has 6 heteroatoms. The van der Waals surface area contributed by atoms with E-state index in [1.807, 2.05) is 19.1 Å². The van der Waals surface area contributed by atoms with Gasteiger partial charge in [-0.25, -0.2) is 0 Å². The van der Waals surface area contributed by atoms with E-state index in [9.17, 15) is 10.1 Å². The van der Waals surface area contributed by atoms with E-state index in [0.717, 1.165) is 5.56 Å². The van der Waals surface area contributed by atoms with Crippen LogP contribution in [0.25, 0.3) is 0 Å². The predicted molar refractivity (Wildman–Crippen MR) is 75.9 cm³/mol. The number of pyridine rings is 1. The van der Waals surface area contributed by atoms with Crippen molar-refractivity contribution < 1.29 is 9.66 Å². The third-order valence-electron chi connectivity index (χ3n) is 2.98. The van der Waals surface area contributed by atoms with Gasteiger partial charge >= 0.3 is 0 Å². The zero-order chi connectivity index (χ0) is 14.5. The molecule has 6 nitrogen and oxygen atoms in total. The molecule has 0 radical (unpaired) electrons. The molecule has 2 aromatic rings. The van der Waals surface area contributed by atoms with Crippen molar-refractivity contribution in [2.75, 3.05) is 12.4 Å². The van der Waals surface area contributed by atoms with Crippen molar-refractivity contribution in [1.29, 1.82) is 0 Å². The van der Waals surface area contributed by atoms with Crippen LogP contribution in [0.3, 0.4) is 0 Å². The minimum absolute atomic E-state index is 0.0201. The van der Waals surface area contributed by atoms with Gasteiger partial charge in [0.2, 0.25) is 0 Å². The maximum absolute atomic E-state index is 11.1. The number of ether oxygens (including phenoxy) is 1. The van der Waals surface area contributed by atoms with Gasteiger partial charge in [-0.05, 0) is 30.7 Å². The number of nitro groups is 1. The molecule has 0 amide bonds. The molecule has 0 aliphatic rings. The van der Waals surface area contributed by atoms with Crippen molar-refractivity contribution in [1.82, 2.24) is 4.98 Å². The molecule has 104 valence electrons. The summed E-state index contributed by atoms with van der Waals surface area (Å²) in [5, 5.41) is 14.2. The molecule has 1 atom stereocenters. The first-order valence-electron chi connectivity index (χ1n) is 6.10. The van der Waals surface area contributed by atoms with Crippen LogP contribution in [0.4, 0.5) is 11.4 Å². The highest BCUT2D eigenvalue weighted by Crippen LogP contribution is 2.31. The van der Waals surface area contributed by atoms with E-state index in [4.69, 9.17) is 4.74 Å². The molecule has 0 saturated carbocycles. The first-order valence-corrected chi connectivity index (χ1v) is 6.10. The SMILES string of the molecule is COc1ccc([N+](=O)[O-])c(NC(C)c2ccncc2)c1. The maximum atomic E-state index is 11.1. The van der Waals surface area contributed by atoms with Gasteiger partial charge in [-0.1, -0.05) is 0 Å². The largest absolute Gasteiger partial charge is 0.497 e. The number of benzene rings is 1. The number of nitrogens with one attached hydrogen (secondary N) is 1. The van der Waals surface area contributed by atoms with Crippen LogP contribution in [0.2, 0.25) is 0 Å². The van der Waals surface area contributed by atoms with Crippen LogP contribution in [-0.2, 0) is 0 Å². The van der Waals surface area contributed by atoms with Gasteiger partial charge in [0.25, 0.3) is 5.69 Å². The Labute approximate surface area is 116 Å². The molecular weight excluding hydrogens is 258 g/mol. The number of aromatic nitrogens is 1. The Bertz CT molecular complexity index is 602. The Balaban J connectivity index is 2.29. The highest BCUT2D eigenvalue weighted by atomic mass is 16.6. The number of rotatable bonds is 5. The van der Waals surface area contributed by atoms with E-state index < -0.39 is 4.92 Å². The number of hydrogen-bond donors (Lipinski definition) is 1. The van der Waals surface area contributed by atoms with Gasteiger partial charge in [0.1, 0.15) is 11.4 Å². The molecule has 1 heterocycles. The second-order valence-electron chi connectivity index (χ2n) is 4.29. The van der Waals surface area contributed by atoms with Crippen molar-refractivity contribution in [3.8, 4) is 5.75 Å². The van der Waals surface area contributed by atoms with Crippen LogP contribution in [0.5, 0.6) is 5.75 Å². The lowest BCUT2D eigenvalue weighted by molar-refractivity contribution is -0.384. The molecule has 0 saturated heterocycles. The summed E-state index contributed by atoms with van der Waals surface area (Å²) in [6, 6.07) is 8.27. The first-order chi connectivity index (χ1) is 9.61. The Morgan fingerprint density at radius 1 is 1.30 bits per heavy atom. The summed E-state index contributed by atoms with van der Waals surface area (Å²) < 4.78 is 5.10. The molecule has 0 aliphatic carbocycles. The number of methoxy groups -OCH3 is 1. The second-order valence-corrected chi connectivity index (χ2v) is 4.29. The van der Waals surface area contributed by atoms with E-state index in [0.29, 0.717) is 11.4 Å². The molecular formula is C14H15N3O3. The van der Waals surface area contributed by atoms with E-state index >= 15 is 0 Å². The Morgan fingerprint density at radius 3 is 2.60 bits per heavy atom. The summed E-state index contributed by atoms with van der Waals surface area (Å²) >= 11 is 0. The van der Waals surface area contributed by atoms with Crippen molar-refractivity contribution in [3.05, 3.63) is 58.4 Å². The van der Waals surface area contributed by atoms with Gasteiger partial charge < -0.3 is 10.1 Å². The zero-order valence-corrected chi connectivity index (χ0v) is 11.2. The van der Waals surface area contributed by atoms with Crippen LogP contribution < -0.4 is 10.1 Å². The van der Waals surface area contributed by atoms with Crippen LogP contribution >= 0.6 is 0 Å². The van der Waals surface area contributed by atoms with E-state index in [2.05, 4.69) is 10.3 Å². The van der Waals surface area contributed by atoms with Crippen LogP contribution in [0, 0.1) is 10.1 Å². The van der Waals surface area contributed by atoms with Gasteiger partial charge in [0.15, 0.2) is 0 Å². The third-order valence-corrected chi connectivity index (χ3v) is 2.98. The number of hydrogen-bond acceptors (Lipinski definition) is 5. The fourth-order valence-electron chi connectivity index (χ4n) is 1.89. The summed E-state index contributed by atoms with van der Waals surface area (Å²) in [7, 11) is 1.53. The normalized spacial score (nSPS) is 11.7.